The summed E-state index contributed by atoms with van der Waals surface area (Å²) in [6.45, 7) is 1.89. The number of rotatable bonds is 3. The molecule has 0 bridgehead atoms. The van der Waals surface area contributed by atoms with Crippen LogP contribution in [0.1, 0.15) is 26.2 Å². The second-order valence-corrected chi connectivity index (χ2v) is 2.87. The number of nitriles is 1. The van der Waals surface area contributed by atoms with Gasteiger partial charge in [-0.1, -0.05) is 6.92 Å². The van der Waals surface area contributed by atoms with E-state index in [2.05, 4.69) is 5.32 Å². The van der Waals surface area contributed by atoms with Crippen LogP contribution in [-0.4, -0.2) is 11.9 Å². The summed E-state index contributed by atoms with van der Waals surface area (Å²) in [7, 11) is 0. The van der Waals surface area contributed by atoms with Crippen molar-refractivity contribution in [3.05, 3.63) is 0 Å². The lowest BCUT2D eigenvalue weighted by molar-refractivity contribution is -0.122. The minimum Gasteiger partial charge on any atom is -0.340 e. The summed E-state index contributed by atoms with van der Waals surface area (Å²) in [5.74, 6) is 0.260. The third-order valence-electron chi connectivity index (χ3n) is 1.83. The van der Waals surface area contributed by atoms with E-state index in [1.54, 1.807) is 0 Å². The van der Waals surface area contributed by atoms with Gasteiger partial charge in [-0.15, -0.1) is 0 Å². The molecular weight excluding hydrogens is 140 g/mol. The predicted molar refractivity (Wildman–Crippen MR) is 40.6 cm³/mol. The predicted octanol–water partition coefficient (Wildman–Crippen LogP) is 0.815. The third-order valence-corrected chi connectivity index (χ3v) is 1.83. The van der Waals surface area contributed by atoms with Crippen LogP contribution in [0.3, 0.4) is 0 Å². The van der Waals surface area contributed by atoms with Crippen molar-refractivity contribution < 1.29 is 4.79 Å². The SMILES string of the molecule is CCC(C#N)NC(=O)C1CC1. The first-order valence-electron chi connectivity index (χ1n) is 3.98. The van der Waals surface area contributed by atoms with Crippen molar-refractivity contribution in [1.29, 1.82) is 5.26 Å². The molecule has 1 N–H and O–H groups in total. The highest BCUT2D eigenvalue weighted by molar-refractivity contribution is 5.81. The zero-order valence-corrected chi connectivity index (χ0v) is 6.63. The summed E-state index contributed by atoms with van der Waals surface area (Å²) < 4.78 is 0. The molecule has 3 heteroatoms. The molecule has 0 spiro atoms. The number of carbonyl (C=O) groups excluding carboxylic acids is 1. The fourth-order valence-corrected chi connectivity index (χ4v) is 0.861. The Balaban J connectivity index is 2.28. The van der Waals surface area contributed by atoms with Gasteiger partial charge in [-0.3, -0.25) is 4.79 Å². The van der Waals surface area contributed by atoms with Gasteiger partial charge in [-0.05, 0) is 19.3 Å². The molecule has 0 aromatic rings. The van der Waals surface area contributed by atoms with Crippen molar-refractivity contribution in [3.8, 4) is 6.07 Å². The number of hydrogen-bond acceptors (Lipinski definition) is 2. The van der Waals surface area contributed by atoms with Crippen molar-refractivity contribution in [3.63, 3.8) is 0 Å². The highest BCUT2D eigenvalue weighted by Gasteiger charge is 2.30. The molecule has 0 saturated heterocycles. The Morgan fingerprint density at radius 3 is 2.82 bits per heavy atom. The van der Waals surface area contributed by atoms with E-state index in [0.717, 1.165) is 12.8 Å². The second-order valence-electron chi connectivity index (χ2n) is 2.87. The summed E-state index contributed by atoms with van der Waals surface area (Å²) in [5, 5.41) is 11.2. The number of carbonyl (C=O) groups is 1. The smallest absolute Gasteiger partial charge is 0.224 e. The van der Waals surface area contributed by atoms with Crippen LogP contribution in [0.2, 0.25) is 0 Å². The third kappa shape index (κ3) is 2.23. The van der Waals surface area contributed by atoms with Crippen molar-refractivity contribution in [2.45, 2.75) is 32.2 Å². The minimum atomic E-state index is -0.289. The summed E-state index contributed by atoms with van der Waals surface area (Å²) in [5.41, 5.74) is 0. The lowest BCUT2D eigenvalue weighted by Gasteiger charge is -2.07. The maximum Gasteiger partial charge on any atom is 0.224 e. The quantitative estimate of drug-likeness (QED) is 0.650. The van der Waals surface area contributed by atoms with Gasteiger partial charge in [0.05, 0.1) is 6.07 Å². The van der Waals surface area contributed by atoms with Gasteiger partial charge >= 0.3 is 0 Å². The molecule has 0 aromatic carbocycles. The molecule has 60 valence electrons. The minimum absolute atomic E-state index is 0.0541. The largest absolute Gasteiger partial charge is 0.340 e. The average molecular weight is 152 g/mol. The monoisotopic (exact) mass is 152 g/mol. The molecule has 1 rings (SSSR count). The Morgan fingerprint density at radius 2 is 2.45 bits per heavy atom. The maximum atomic E-state index is 11.1. The van der Waals surface area contributed by atoms with Crippen LogP contribution < -0.4 is 5.32 Å². The topological polar surface area (TPSA) is 52.9 Å². The van der Waals surface area contributed by atoms with Gasteiger partial charge in [0.25, 0.3) is 0 Å². The van der Waals surface area contributed by atoms with E-state index in [9.17, 15) is 4.79 Å². The van der Waals surface area contributed by atoms with Gasteiger partial charge in [0, 0.05) is 5.92 Å². The zero-order valence-electron chi connectivity index (χ0n) is 6.63. The Kier molecular flexibility index (Phi) is 2.48. The molecule has 0 heterocycles. The Hall–Kier alpha value is -1.04. The van der Waals surface area contributed by atoms with Gasteiger partial charge in [0.1, 0.15) is 6.04 Å². The highest BCUT2D eigenvalue weighted by atomic mass is 16.2. The first-order valence-corrected chi connectivity index (χ1v) is 3.98. The molecule has 0 aromatic heterocycles. The molecule has 0 aliphatic heterocycles. The summed E-state index contributed by atoms with van der Waals surface area (Å²) in [6, 6.07) is 1.74. The van der Waals surface area contributed by atoms with Gasteiger partial charge in [0.2, 0.25) is 5.91 Å². The standard InChI is InChI=1S/C8H12N2O/c1-2-7(5-9)10-8(11)6-3-4-6/h6-7H,2-4H2,1H3,(H,10,11). The van der Waals surface area contributed by atoms with Crippen LogP contribution >= 0.6 is 0 Å². The van der Waals surface area contributed by atoms with E-state index in [1.165, 1.54) is 0 Å². The van der Waals surface area contributed by atoms with E-state index in [4.69, 9.17) is 5.26 Å². The summed E-state index contributed by atoms with van der Waals surface area (Å²) in [4.78, 5) is 11.1. The summed E-state index contributed by atoms with van der Waals surface area (Å²) in [6.07, 6.45) is 2.68. The van der Waals surface area contributed by atoms with Gasteiger partial charge < -0.3 is 5.32 Å². The van der Waals surface area contributed by atoms with E-state index in [0.29, 0.717) is 6.42 Å². The van der Waals surface area contributed by atoms with Crippen molar-refractivity contribution in [1.82, 2.24) is 5.32 Å². The van der Waals surface area contributed by atoms with Crippen LogP contribution in [-0.2, 0) is 4.79 Å². The van der Waals surface area contributed by atoms with E-state index in [-0.39, 0.29) is 17.9 Å². The molecule has 1 saturated carbocycles. The molecule has 1 aliphatic rings. The van der Waals surface area contributed by atoms with Gasteiger partial charge in [0.15, 0.2) is 0 Å². The van der Waals surface area contributed by atoms with E-state index >= 15 is 0 Å². The number of nitrogens with zero attached hydrogens (tertiary/aromatic N) is 1. The Morgan fingerprint density at radius 1 is 1.82 bits per heavy atom. The highest BCUT2D eigenvalue weighted by Crippen LogP contribution is 2.28. The normalized spacial score (nSPS) is 18.5. The molecule has 1 aliphatic carbocycles. The molecule has 11 heavy (non-hydrogen) atoms. The van der Waals surface area contributed by atoms with Crippen LogP contribution in [0.15, 0.2) is 0 Å². The van der Waals surface area contributed by atoms with Crippen LogP contribution in [0.25, 0.3) is 0 Å². The van der Waals surface area contributed by atoms with Gasteiger partial charge in [-0.25, -0.2) is 0 Å². The molecule has 1 unspecified atom stereocenters. The second kappa shape index (κ2) is 3.38. The molecule has 0 radical (unpaired) electrons. The Labute approximate surface area is 66.4 Å². The van der Waals surface area contributed by atoms with Crippen LogP contribution in [0, 0.1) is 17.2 Å². The number of nitrogens with one attached hydrogen (secondary N) is 1. The molecular formula is C8H12N2O. The fraction of sp³-hybridized carbons (Fsp3) is 0.750. The van der Waals surface area contributed by atoms with Crippen molar-refractivity contribution in [2.75, 3.05) is 0 Å². The lowest BCUT2D eigenvalue weighted by Crippen LogP contribution is -2.34. The maximum absolute atomic E-state index is 11.1. The van der Waals surface area contributed by atoms with Crippen molar-refractivity contribution >= 4 is 5.91 Å². The first kappa shape index (κ1) is 8.06. The summed E-state index contributed by atoms with van der Waals surface area (Å²) >= 11 is 0. The molecule has 1 fully saturated rings. The van der Waals surface area contributed by atoms with Crippen molar-refractivity contribution in [2.24, 2.45) is 5.92 Å². The van der Waals surface area contributed by atoms with E-state index < -0.39 is 0 Å². The fourth-order valence-electron chi connectivity index (χ4n) is 0.861. The average Bonchev–Trinajstić information content (AvgIpc) is 2.81. The number of hydrogen-bond donors (Lipinski definition) is 1. The first-order chi connectivity index (χ1) is 5.27. The molecule has 1 atom stereocenters. The molecule has 3 nitrogen and oxygen atoms in total. The van der Waals surface area contributed by atoms with E-state index in [1.807, 2.05) is 13.0 Å². The zero-order chi connectivity index (χ0) is 8.27. The lowest BCUT2D eigenvalue weighted by atomic mass is 10.2. The number of amides is 1. The van der Waals surface area contributed by atoms with Crippen LogP contribution in [0.5, 0.6) is 0 Å². The molecule has 1 amide bonds. The van der Waals surface area contributed by atoms with Crippen LogP contribution in [0.4, 0.5) is 0 Å². The Bertz CT molecular complexity index is 191. The van der Waals surface area contributed by atoms with Gasteiger partial charge in [-0.2, -0.15) is 5.26 Å².